The highest BCUT2D eigenvalue weighted by molar-refractivity contribution is 5.85. The van der Waals surface area contributed by atoms with Crippen molar-refractivity contribution in [1.82, 2.24) is 4.90 Å². The molecule has 0 heterocycles. The number of amides is 1. The Balaban J connectivity index is 0.00000400. The number of rotatable bonds is 6. The minimum atomic E-state index is -0.903. The van der Waals surface area contributed by atoms with Gasteiger partial charge in [-0.05, 0) is 30.5 Å². The average molecular weight is 321 g/mol. The lowest BCUT2D eigenvalue weighted by molar-refractivity contribution is -0.141. The van der Waals surface area contributed by atoms with E-state index in [1.807, 2.05) is 13.8 Å². The first kappa shape index (κ1) is 19.8. The molecule has 0 aromatic heterocycles. The maximum Gasteiger partial charge on any atom is 0.230 e. The summed E-state index contributed by atoms with van der Waals surface area (Å²) >= 11 is 0. The average Bonchev–Trinajstić information content (AvgIpc) is 2.45. The Hall–Kier alpha value is -1.20. The van der Waals surface area contributed by atoms with Crippen LogP contribution < -0.4 is 5.73 Å². The van der Waals surface area contributed by atoms with Crippen molar-refractivity contribution in [3.8, 4) is 0 Å². The molecule has 0 aliphatic heterocycles. The summed E-state index contributed by atoms with van der Waals surface area (Å²) in [6.07, 6.45) is 1.31. The Labute approximate surface area is 130 Å². The SMILES string of the molecule is CCC(CC)(CN)C(=O)N(C)Cc1ccc(F)c(F)c1.Cl. The van der Waals surface area contributed by atoms with Crippen LogP contribution >= 0.6 is 12.4 Å². The highest BCUT2D eigenvalue weighted by atomic mass is 35.5. The van der Waals surface area contributed by atoms with E-state index in [4.69, 9.17) is 5.73 Å². The molecule has 2 N–H and O–H groups in total. The van der Waals surface area contributed by atoms with Crippen LogP contribution in [0.5, 0.6) is 0 Å². The summed E-state index contributed by atoms with van der Waals surface area (Å²) in [6, 6.07) is 3.66. The van der Waals surface area contributed by atoms with Gasteiger partial charge in [0, 0.05) is 20.1 Å². The smallest absolute Gasteiger partial charge is 0.230 e. The number of carbonyl (C=O) groups is 1. The van der Waals surface area contributed by atoms with Gasteiger partial charge in [0.15, 0.2) is 11.6 Å². The molecule has 0 aliphatic carbocycles. The van der Waals surface area contributed by atoms with Crippen molar-refractivity contribution >= 4 is 18.3 Å². The molecule has 0 atom stereocenters. The third-order valence-electron chi connectivity index (χ3n) is 3.95. The third kappa shape index (κ3) is 4.38. The first-order valence-corrected chi connectivity index (χ1v) is 6.79. The van der Waals surface area contributed by atoms with Crippen LogP contribution in [0.2, 0.25) is 0 Å². The Kier molecular flexibility index (Phi) is 7.82. The summed E-state index contributed by atoms with van der Waals surface area (Å²) in [5.74, 6) is -1.85. The molecule has 21 heavy (non-hydrogen) atoms. The Morgan fingerprint density at radius 1 is 1.24 bits per heavy atom. The zero-order chi connectivity index (χ0) is 15.3. The van der Waals surface area contributed by atoms with Gasteiger partial charge in [0.25, 0.3) is 0 Å². The van der Waals surface area contributed by atoms with Gasteiger partial charge in [-0.3, -0.25) is 4.79 Å². The summed E-state index contributed by atoms with van der Waals surface area (Å²) in [5, 5.41) is 0. The minimum absolute atomic E-state index is 0. The fourth-order valence-corrected chi connectivity index (χ4v) is 2.32. The maximum atomic E-state index is 13.2. The minimum Gasteiger partial charge on any atom is -0.341 e. The number of hydrogen-bond acceptors (Lipinski definition) is 2. The Morgan fingerprint density at radius 2 is 1.81 bits per heavy atom. The van der Waals surface area contributed by atoms with Crippen molar-refractivity contribution in [2.45, 2.75) is 33.2 Å². The van der Waals surface area contributed by atoms with Gasteiger partial charge in [0.05, 0.1) is 5.41 Å². The van der Waals surface area contributed by atoms with Crippen LogP contribution in [0.1, 0.15) is 32.3 Å². The van der Waals surface area contributed by atoms with Crippen molar-refractivity contribution < 1.29 is 13.6 Å². The Bertz CT molecular complexity index is 470. The van der Waals surface area contributed by atoms with Gasteiger partial charge in [-0.15, -0.1) is 12.4 Å². The predicted octanol–water partition coefficient (Wildman–Crippen LogP) is 3.11. The predicted molar refractivity (Wildman–Crippen MR) is 82.1 cm³/mol. The van der Waals surface area contributed by atoms with Crippen LogP contribution in [-0.2, 0) is 11.3 Å². The van der Waals surface area contributed by atoms with Gasteiger partial charge in [-0.2, -0.15) is 0 Å². The number of halogens is 3. The van der Waals surface area contributed by atoms with Crippen molar-refractivity contribution in [2.24, 2.45) is 11.1 Å². The van der Waals surface area contributed by atoms with E-state index < -0.39 is 17.0 Å². The second-order valence-electron chi connectivity index (χ2n) is 5.10. The topological polar surface area (TPSA) is 46.3 Å². The zero-order valence-corrected chi connectivity index (χ0v) is 13.5. The molecular weight excluding hydrogens is 298 g/mol. The quantitative estimate of drug-likeness (QED) is 0.875. The fraction of sp³-hybridized carbons (Fsp3) is 0.533. The number of hydrogen-bond donors (Lipinski definition) is 1. The largest absolute Gasteiger partial charge is 0.341 e. The summed E-state index contributed by atoms with van der Waals surface area (Å²) in [5.41, 5.74) is 5.73. The summed E-state index contributed by atoms with van der Waals surface area (Å²) in [4.78, 5) is 14.0. The van der Waals surface area contributed by atoms with Gasteiger partial charge >= 0.3 is 0 Å². The Morgan fingerprint density at radius 3 is 2.24 bits per heavy atom. The fourth-order valence-electron chi connectivity index (χ4n) is 2.32. The van der Waals surface area contributed by atoms with Crippen LogP contribution in [0.4, 0.5) is 8.78 Å². The molecule has 0 bridgehead atoms. The van der Waals surface area contributed by atoms with Crippen molar-refractivity contribution in [2.75, 3.05) is 13.6 Å². The van der Waals surface area contributed by atoms with Crippen LogP contribution in [0.15, 0.2) is 18.2 Å². The van der Waals surface area contributed by atoms with Crippen LogP contribution in [-0.4, -0.2) is 24.4 Å². The van der Waals surface area contributed by atoms with Gasteiger partial charge in [-0.25, -0.2) is 8.78 Å². The third-order valence-corrected chi connectivity index (χ3v) is 3.95. The van der Waals surface area contributed by atoms with E-state index >= 15 is 0 Å². The highest BCUT2D eigenvalue weighted by Crippen LogP contribution is 2.28. The lowest BCUT2D eigenvalue weighted by Gasteiger charge is -2.33. The number of benzene rings is 1. The lowest BCUT2D eigenvalue weighted by Crippen LogP contribution is -2.45. The molecule has 1 aromatic rings. The molecule has 0 aliphatic rings. The molecule has 1 rings (SSSR count). The molecule has 0 radical (unpaired) electrons. The van der Waals surface area contributed by atoms with Crippen molar-refractivity contribution in [3.05, 3.63) is 35.4 Å². The van der Waals surface area contributed by atoms with E-state index in [9.17, 15) is 13.6 Å². The molecule has 0 saturated carbocycles. The standard InChI is InChI=1S/C15H22F2N2O.ClH/c1-4-15(5-2,10-18)14(20)19(3)9-11-6-7-12(16)13(17)8-11;/h6-8H,4-5,9-10,18H2,1-3H3;1H. The molecule has 120 valence electrons. The second-order valence-corrected chi connectivity index (χ2v) is 5.10. The summed E-state index contributed by atoms with van der Waals surface area (Å²) in [7, 11) is 1.65. The van der Waals surface area contributed by atoms with E-state index in [1.54, 1.807) is 7.05 Å². The van der Waals surface area contributed by atoms with E-state index in [2.05, 4.69) is 0 Å². The summed E-state index contributed by atoms with van der Waals surface area (Å²) in [6.45, 7) is 4.37. The van der Waals surface area contributed by atoms with E-state index in [0.717, 1.165) is 12.1 Å². The zero-order valence-electron chi connectivity index (χ0n) is 12.7. The van der Waals surface area contributed by atoms with Gasteiger partial charge < -0.3 is 10.6 Å². The van der Waals surface area contributed by atoms with Crippen LogP contribution in [0.25, 0.3) is 0 Å². The van der Waals surface area contributed by atoms with Crippen molar-refractivity contribution in [1.29, 1.82) is 0 Å². The van der Waals surface area contributed by atoms with Crippen molar-refractivity contribution in [3.63, 3.8) is 0 Å². The molecule has 0 fully saturated rings. The van der Waals surface area contributed by atoms with Gasteiger partial charge in [0.1, 0.15) is 0 Å². The monoisotopic (exact) mass is 320 g/mol. The molecule has 1 aromatic carbocycles. The second kappa shape index (κ2) is 8.29. The van der Waals surface area contributed by atoms with Gasteiger partial charge in [0.2, 0.25) is 5.91 Å². The molecular formula is C15H23ClF2N2O. The number of nitrogens with zero attached hydrogens (tertiary/aromatic N) is 1. The first-order chi connectivity index (χ1) is 9.40. The maximum absolute atomic E-state index is 13.2. The number of nitrogens with two attached hydrogens (primary N) is 1. The normalized spacial score (nSPS) is 11.0. The molecule has 3 nitrogen and oxygen atoms in total. The molecule has 0 unspecified atom stereocenters. The van der Waals surface area contributed by atoms with Crippen LogP contribution in [0, 0.1) is 17.0 Å². The first-order valence-electron chi connectivity index (χ1n) is 6.79. The summed E-state index contributed by atoms with van der Waals surface area (Å²) < 4.78 is 26.0. The van der Waals surface area contributed by atoms with E-state index in [0.29, 0.717) is 18.4 Å². The lowest BCUT2D eigenvalue weighted by atomic mass is 9.81. The molecule has 0 saturated heterocycles. The van der Waals surface area contributed by atoms with E-state index in [1.165, 1.54) is 11.0 Å². The molecule has 1 amide bonds. The van der Waals surface area contributed by atoms with Gasteiger partial charge in [-0.1, -0.05) is 19.9 Å². The van der Waals surface area contributed by atoms with Crippen LogP contribution in [0.3, 0.4) is 0 Å². The highest BCUT2D eigenvalue weighted by Gasteiger charge is 2.35. The molecule has 0 spiro atoms. The van der Waals surface area contributed by atoms with E-state index in [-0.39, 0.29) is 31.4 Å². The number of carbonyl (C=O) groups excluding carboxylic acids is 1. The molecule has 6 heteroatoms.